The molecule has 1 saturated heterocycles. The summed E-state index contributed by atoms with van der Waals surface area (Å²) in [6.45, 7) is -0.247. The highest BCUT2D eigenvalue weighted by atomic mass is 19.4. The van der Waals surface area contributed by atoms with Gasteiger partial charge in [0.15, 0.2) is 11.6 Å². The Labute approximate surface area is 157 Å². The molecule has 6 nitrogen and oxygen atoms in total. The maximum absolute atomic E-state index is 13.8. The summed E-state index contributed by atoms with van der Waals surface area (Å²) in [5, 5.41) is 0. The predicted molar refractivity (Wildman–Crippen MR) is 90.4 cm³/mol. The van der Waals surface area contributed by atoms with Crippen molar-refractivity contribution < 1.29 is 31.9 Å². The van der Waals surface area contributed by atoms with E-state index in [1.807, 2.05) is 0 Å². The van der Waals surface area contributed by atoms with E-state index in [4.69, 9.17) is 4.74 Å². The SMILES string of the molecule is COc1ccc(C(=O)N2CCN(c3ccnc(C(F)(F)F)c3)C(=O)C2)cc1F. The summed E-state index contributed by atoms with van der Waals surface area (Å²) >= 11 is 0. The van der Waals surface area contributed by atoms with E-state index in [9.17, 15) is 27.2 Å². The molecule has 0 spiro atoms. The highest BCUT2D eigenvalue weighted by molar-refractivity contribution is 6.01. The molecule has 1 aliphatic rings. The Hall–Kier alpha value is -3.17. The van der Waals surface area contributed by atoms with Crippen LogP contribution in [0.25, 0.3) is 0 Å². The lowest BCUT2D eigenvalue weighted by Crippen LogP contribution is -2.52. The average molecular weight is 397 g/mol. The third-order valence-corrected chi connectivity index (χ3v) is 4.25. The van der Waals surface area contributed by atoms with Crippen LogP contribution < -0.4 is 9.64 Å². The molecule has 0 aliphatic carbocycles. The van der Waals surface area contributed by atoms with Gasteiger partial charge < -0.3 is 14.5 Å². The first kappa shape index (κ1) is 19.6. The summed E-state index contributed by atoms with van der Waals surface area (Å²) in [6, 6.07) is 5.77. The van der Waals surface area contributed by atoms with Gasteiger partial charge in [0.05, 0.1) is 7.11 Å². The summed E-state index contributed by atoms with van der Waals surface area (Å²) in [5.41, 5.74) is -1.01. The zero-order chi connectivity index (χ0) is 20.5. The number of carbonyl (C=O) groups is 2. The first-order valence-electron chi connectivity index (χ1n) is 8.17. The molecule has 0 unspecified atom stereocenters. The van der Waals surface area contributed by atoms with Crippen molar-refractivity contribution in [2.45, 2.75) is 6.18 Å². The van der Waals surface area contributed by atoms with E-state index in [1.165, 1.54) is 30.2 Å². The number of benzene rings is 1. The number of hydrogen-bond acceptors (Lipinski definition) is 4. The van der Waals surface area contributed by atoms with E-state index >= 15 is 0 Å². The van der Waals surface area contributed by atoms with E-state index in [0.717, 1.165) is 23.2 Å². The van der Waals surface area contributed by atoms with E-state index in [-0.39, 0.29) is 36.6 Å². The van der Waals surface area contributed by atoms with Crippen LogP contribution in [0, 0.1) is 5.82 Å². The second-order valence-corrected chi connectivity index (χ2v) is 6.02. The Balaban J connectivity index is 1.74. The summed E-state index contributed by atoms with van der Waals surface area (Å²) in [5.74, 6) is -1.83. The smallest absolute Gasteiger partial charge is 0.433 e. The highest BCUT2D eigenvalue weighted by Crippen LogP contribution is 2.30. The Morgan fingerprint density at radius 1 is 1.18 bits per heavy atom. The van der Waals surface area contributed by atoms with Gasteiger partial charge in [-0.3, -0.25) is 14.6 Å². The number of hydrogen-bond donors (Lipinski definition) is 0. The molecule has 28 heavy (non-hydrogen) atoms. The van der Waals surface area contributed by atoms with Gasteiger partial charge in [-0.2, -0.15) is 13.2 Å². The first-order valence-corrected chi connectivity index (χ1v) is 8.17. The molecule has 148 valence electrons. The van der Waals surface area contributed by atoms with E-state index in [1.54, 1.807) is 0 Å². The lowest BCUT2D eigenvalue weighted by atomic mass is 10.1. The quantitative estimate of drug-likeness (QED) is 0.748. The average Bonchev–Trinajstić information content (AvgIpc) is 2.66. The van der Waals surface area contributed by atoms with Crippen molar-refractivity contribution in [3.8, 4) is 5.75 Å². The number of amides is 2. The number of piperazine rings is 1. The minimum Gasteiger partial charge on any atom is -0.494 e. The zero-order valence-corrected chi connectivity index (χ0v) is 14.7. The van der Waals surface area contributed by atoms with Crippen molar-refractivity contribution in [3.05, 3.63) is 53.6 Å². The number of methoxy groups -OCH3 is 1. The molecule has 2 amide bonds. The van der Waals surface area contributed by atoms with Crippen LogP contribution in [0.2, 0.25) is 0 Å². The minimum absolute atomic E-state index is 0.00448. The van der Waals surface area contributed by atoms with Crippen molar-refractivity contribution in [1.29, 1.82) is 0 Å². The number of carbonyl (C=O) groups excluding carboxylic acids is 2. The number of ether oxygens (including phenoxy) is 1. The Morgan fingerprint density at radius 3 is 2.54 bits per heavy atom. The molecule has 0 atom stereocenters. The number of halogens is 4. The lowest BCUT2D eigenvalue weighted by Gasteiger charge is -2.34. The molecule has 1 aromatic heterocycles. The van der Waals surface area contributed by atoms with Gasteiger partial charge >= 0.3 is 6.18 Å². The molecule has 3 rings (SSSR count). The lowest BCUT2D eigenvalue weighted by molar-refractivity contribution is -0.141. The molecular weight excluding hydrogens is 382 g/mol. The van der Waals surface area contributed by atoms with Gasteiger partial charge in [0.25, 0.3) is 5.91 Å². The fourth-order valence-electron chi connectivity index (χ4n) is 2.84. The molecule has 0 radical (unpaired) electrons. The monoisotopic (exact) mass is 397 g/mol. The Morgan fingerprint density at radius 2 is 1.93 bits per heavy atom. The van der Waals surface area contributed by atoms with E-state index in [0.29, 0.717) is 0 Å². The van der Waals surface area contributed by atoms with E-state index in [2.05, 4.69) is 4.98 Å². The number of alkyl halides is 3. The molecule has 2 aromatic rings. The molecule has 0 N–H and O–H groups in total. The molecular formula is C18H15F4N3O3. The van der Waals surface area contributed by atoms with Crippen LogP contribution in [-0.2, 0) is 11.0 Å². The van der Waals surface area contributed by atoms with Crippen LogP contribution in [0.3, 0.4) is 0 Å². The van der Waals surface area contributed by atoms with Crippen LogP contribution >= 0.6 is 0 Å². The van der Waals surface area contributed by atoms with Gasteiger partial charge in [-0.05, 0) is 30.3 Å². The van der Waals surface area contributed by atoms with Gasteiger partial charge in [-0.15, -0.1) is 0 Å². The summed E-state index contributed by atoms with van der Waals surface area (Å²) in [7, 11) is 1.29. The number of nitrogens with zero attached hydrogens (tertiary/aromatic N) is 3. The first-order chi connectivity index (χ1) is 13.2. The molecule has 10 heteroatoms. The van der Waals surface area contributed by atoms with Crippen molar-refractivity contribution >= 4 is 17.5 Å². The Kier molecular flexibility index (Phi) is 5.21. The van der Waals surface area contributed by atoms with Crippen molar-refractivity contribution in [2.75, 3.05) is 31.6 Å². The van der Waals surface area contributed by atoms with Crippen LogP contribution in [0.4, 0.5) is 23.2 Å². The fraction of sp³-hybridized carbons (Fsp3) is 0.278. The van der Waals surface area contributed by atoms with Crippen molar-refractivity contribution in [2.24, 2.45) is 0 Å². The molecule has 1 aromatic carbocycles. The van der Waals surface area contributed by atoms with Crippen LogP contribution in [-0.4, -0.2) is 48.4 Å². The highest BCUT2D eigenvalue weighted by Gasteiger charge is 2.34. The van der Waals surface area contributed by atoms with Gasteiger partial charge in [-0.1, -0.05) is 0 Å². The van der Waals surface area contributed by atoms with Gasteiger partial charge in [-0.25, -0.2) is 4.39 Å². The molecule has 1 fully saturated rings. The largest absolute Gasteiger partial charge is 0.494 e. The van der Waals surface area contributed by atoms with Gasteiger partial charge in [0, 0.05) is 30.5 Å². The summed E-state index contributed by atoms with van der Waals surface area (Å²) < 4.78 is 57.0. The van der Waals surface area contributed by atoms with Crippen LogP contribution in [0.1, 0.15) is 16.1 Å². The van der Waals surface area contributed by atoms with Gasteiger partial charge in [0.1, 0.15) is 12.2 Å². The molecule has 2 heterocycles. The predicted octanol–water partition coefficient (Wildman–Crippen LogP) is 2.74. The second kappa shape index (κ2) is 7.45. The maximum atomic E-state index is 13.8. The van der Waals surface area contributed by atoms with Gasteiger partial charge in [0.2, 0.25) is 5.91 Å². The topological polar surface area (TPSA) is 62.7 Å². The van der Waals surface area contributed by atoms with Crippen LogP contribution in [0.15, 0.2) is 36.5 Å². The summed E-state index contributed by atoms with van der Waals surface area (Å²) in [6.07, 6.45) is -3.65. The number of anilines is 1. The second-order valence-electron chi connectivity index (χ2n) is 6.02. The third kappa shape index (κ3) is 3.90. The minimum atomic E-state index is -4.63. The molecule has 0 saturated carbocycles. The molecule has 1 aliphatic heterocycles. The number of rotatable bonds is 3. The maximum Gasteiger partial charge on any atom is 0.433 e. The van der Waals surface area contributed by atoms with E-state index < -0.39 is 29.5 Å². The number of aromatic nitrogens is 1. The van der Waals surface area contributed by atoms with Crippen LogP contribution in [0.5, 0.6) is 5.75 Å². The van der Waals surface area contributed by atoms with Crippen molar-refractivity contribution in [3.63, 3.8) is 0 Å². The van der Waals surface area contributed by atoms with Crippen molar-refractivity contribution in [1.82, 2.24) is 9.88 Å². The number of pyridine rings is 1. The fourth-order valence-corrected chi connectivity index (χ4v) is 2.84. The zero-order valence-electron chi connectivity index (χ0n) is 14.7. The molecule has 0 bridgehead atoms. The standard InChI is InChI=1S/C18H15F4N3O3/c1-28-14-3-2-11(8-13(14)19)17(27)24-6-7-25(16(26)10-24)12-4-5-23-15(9-12)18(20,21)22/h2-5,8-9H,6-7,10H2,1H3. The summed E-state index contributed by atoms with van der Waals surface area (Å²) in [4.78, 5) is 30.6. The normalized spacial score (nSPS) is 15.0. The third-order valence-electron chi connectivity index (χ3n) is 4.25. The Bertz CT molecular complexity index is 917.